The van der Waals surface area contributed by atoms with E-state index >= 15 is 0 Å². The van der Waals surface area contributed by atoms with E-state index in [0.717, 1.165) is 36.4 Å². The van der Waals surface area contributed by atoms with Gasteiger partial charge in [-0.2, -0.15) is 13.2 Å². The molecule has 0 fully saturated rings. The summed E-state index contributed by atoms with van der Waals surface area (Å²) >= 11 is 0. The fourth-order valence-electron chi connectivity index (χ4n) is 2.84. The Morgan fingerprint density at radius 3 is 2.15 bits per heavy atom. The molecule has 3 rings (SSSR count). The Morgan fingerprint density at radius 2 is 1.53 bits per heavy atom. The molecule has 3 aromatic rings. The number of anilines is 1. The molecule has 0 heterocycles. The van der Waals surface area contributed by atoms with Crippen LogP contribution in [-0.4, -0.2) is 21.4 Å². The lowest BCUT2D eigenvalue weighted by molar-refractivity contribution is -0.137. The first kappa shape index (κ1) is 24.9. The number of rotatable bonds is 6. The van der Waals surface area contributed by atoms with E-state index in [1.807, 2.05) is 0 Å². The molecule has 0 saturated carbocycles. The Morgan fingerprint density at radius 1 is 0.912 bits per heavy atom. The number of nitrogens with two attached hydrogens (primary N) is 1. The summed E-state index contributed by atoms with van der Waals surface area (Å²) in [7, 11) is -3.31. The summed E-state index contributed by atoms with van der Waals surface area (Å²) in [6, 6.07) is 7.29. The topological polar surface area (TPSA) is 108 Å². The van der Waals surface area contributed by atoms with E-state index in [1.165, 1.54) is 7.11 Å². The van der Waals surface area contributed by atoms with Crippen LogP contribution in [0.25, 0.3) is 0 Å². The van der Waals surface area contributed by atoms with E-state index in [2.05, 4.69) is 5.32 Å². The average molecular weight is 502 g/mol. The third-order valence-corrected chi connectivity index (χ3v) is 5.35. The number of primary sulfonamides is 1. The van der Waals surface area contributed by atoms with Crippen molar-refractivity contribution < 1.29 is 44.6 Å². The second kappa shape index (κ2) is 9.27. The second-order valence-corrected chi connectivity index (χ2v) is 8.28. The summed E-state index contributed by atoms with van der Waals surface area (Å²) in [5.41, 5.74) is -2.34. The molecule has 0 aliphatic carbocycles. The molecule has 0 spiro atoms. The van der Waals surface area contributed by atoms with Gasteiger partial charge in [0.25, 0.3) is 5.91 Å². The van der Waals surface area contributed by atoms with Gasteiger partial charge in [0.05, 0.1) is 23.9 Å². The highest BCUT2D eigenvalue weighted by molar-refractivity contribution is 7.89. The minimum atomic E-state index is -4.83. The molecule has 0 bridgehead atoms. The molecule has 3 N–H and O–H groups in total. The molecule has 0 radical (unpaired) electrons. The molecule has 0 aliphatic heterocycles. The van der Waals surface area contributed by atoms with Crippen LogP contribution in [0.15, 0.2) is 59.5 Å². The molecule has 0 atom stereocenters. The SMILES string of the molecule is COc1cc(F)ccc1Oc1ccc(C(F)(F)F)cc1C(=O)Nc1ccc(F)cc1S(N)(=O)=O. The lowest BCUT2D eigenvalue weighted by Crippen LogP contribution is -2.19. The molecule has 180 valence electrons. The largest absolute Gasteiger partial charge is 0.493 e. The Balaban J connectivity index is 2.08. The first-order valence-corrected chi connectivity index (χ1v) is 10.7. The zero-order valence-electron chi connectivity index (χ0n) is 17.1. The summed E-state index contributed by atoms with van der Waals surface area (Å²) in [4.78, 5) is 12.1. The maximum atomic E-state index is 13.5. The van der Waals surface area contributed by atoms with Crippen LogP contribution in [0.5, 0.6) is 17.2 Å². The van der Waals surface area contributed by atoms with Crippen LogP contribution in [0, 0.1) is 11.6 Å². The average Bonchev–Trinajstić information content (AvgIpc) is 2.74. The predicted molar refractivity (Wildman–Crippen MR) is 110 cm³/mol. The van der Waals surface area contributed by atoms with Crippen molar-refractivity contribution in [2.45, 2.75) is 11.1 Å². The van der Waals surface area contributed by atoms with Crippen molar-refractivity contribution in [2.75, 3.05) is 12.4 Å². The Bertz CT molecular complexity index is 1360. The fourth-order valence-corrected chi connectivity index (χ4v) is 3.54. The summed E-state index contributed by atoms with van der Waals surface area (Å²) < 4.78 is 101. The zero-order chi connectivity index (χ0) is 25.3. The van der Waals surface area contributed by atoms with Crippen molar-refractivity contribution >= 4 is 21.6 Å². The van der Waals surface area contributed by atoms with Gasteiger partial charge in [-0.05, 0) is 48.5 Å². The van der Waals surface area contributed by atoms with Gasteiger partial charge in [0.2, 0.25) is 10.0 Å². The summed E-state index contributed by atoms with van der Waals surface area (Å²) in [5, 5.41) is 7.13. The fraction of sp³-hybridized carbons (Fsp3) is 0.0952. The minimum Gasteiger partial charge on any atom is -0.493 e. The van der Waals surface area contributed by atoms with E-state index in [1.54, 1.807) is 0 Å². The molecule has 0 aliphatic rings. The van der Waals surface area contributed by atoms with Crippen LogP contribution in [0.1, 0.15) is 15.9 Å². The van der Waals surface area contributed by atoms with Crippen LogP contribution in [0.2, 0.25) is 0 Å². The zero-order valence-corrected chi connectivity index (χ0v) is 17.9. The lowest BCUT2D eigenvalue weighted by Gasteiger charge is -2.16. The van der Waals surface area contributed by atoms with E-state index in [-0.39, 0.29) is 11.5 Å². The first-order chi connectivity index (χ1) is 15.8. The van der Waals surface area contributed by atoms with Gasteiger partial charge in [-0.3, -0.25) is 4.79 Å². The number of hydrogen-bond donors (Lipinski definition) is 2. The van der Waals surface area contributed by atoms with Gasteiger partial charge < -0.3 is 14.8 Å². The van der Waals surface area contributed by atoms with Gasteiger partial charge in [-0.1, -0.05) is 0 Å². The predicted octanol–water partition coefficient (Wildman–Crippen LogP) is 4.68. The normalized spacial score (nSPS) is 11.7. The number of hydrogen-bond acceptors (Lipinski definition) is 5. The third kappa shape index (κ3) is 5.61. The lowest BCUT2D eigenvalue weighted by atomic mass is 10.1. The number of nitrogens with one attached hydrogen (secondary N) is 1. The van der Waals surface area contributed by atoms with Crippen molar-refractivity contribution in [1.82, 2.24) is 0 Å². The number of ether oxygens (including phenoxy) is 2. The summed E-state index contributed by atoms with van der Waals surface area (Å²) in [5.74, 6) is -3.51. The number of carbonyl (C=O) groups excluding carboxylic acids is 1. The Labute approximate surface area is 190 Å². The standard InChI is InChI=1S/C21H15F5N2O5S/c1-32-18-9-12(22)4-7-17(18)33-16-6-2-11(21(24,25)26)8-14(16)20(29)28-15-5-3-13(23)10-19(15)34(27,30)31/h2-10H,1H3,(H,28,29)(H2,27,30,31). The molecule has 7 nitrogen and oxygen atoms in total. The van der Waals surface area contributed by atoms with Gasteiger partial charge in [0.1, 0.15) is 22.3 Å². The quantitative estimate of drug-likeness (QED) is 0.476. The molecule has 0 saturated heterocycles. The van der Waals surface area contributed by atoms with E-state index in [4.69, 9.17) is 14.6 Å². The number of alkyl halides is 3. The maximum Gasteiger partial charge on any atom is 0.416 e. The van der Waals surface area contributed by atoms with Crippen LogP contribution >= 0.6 is 0 Å². The Kier molecular flexibility index (Phi) is 6.79. The van der Waals surface area contributed by atoms with E-state index in [0.29, 0.717) is 18.2 Å². The second-order valence-electron chi connectivity index (χ2n) is 6.75. The number of carbonyl (C=O) groups is 1. The van der Waals surface area contributed by atoms with E-state index < -0.39 is 61.2 Å². The number of sulfonamides is 1. The van der Waals surface area contributed by atoms with Crippen LogP contribution in [0.3, 0.4) is 0 Å². The van der Waals surface area contributed by atoms with Gasteiger partial charge in [-0.25, -0.2) is 22.3 Å². The summed E-state index contributed by atoms with van der Waals surface area (Å²) in [6.45, 7) is 0. The highest BCUT2D eigenvalue weighted by atomic mass is 32.2. The highest BCUT2D eigenvalue weighted by Crippen LogP contribution is 2.37. The number of amides is 1. The third-order valence-electron chi connectivity index (χ3n) is 4.40. The molecule has 0 aromatic heterocycles. The highest BCUT2D eigenvalue weighted by Gasteiger charge is 2.32. The van der Waals surface area contributed by atoms with Crippen molar-refractivity contribution in [1.29, 1.82) is 0 Å². The molecular formula is C21H15F5N2O5S. The van der Waals surface area contributed by atoms with Gasteiger partial charge in [0, 0.05) is 6.07 Å². The summed E-state index contributed by atoms with van der Waals surface area (Å²) in [6.07, 6.45) is -4.83. The first-order valence-electron chi connectivity index (χ1n) is 9.16. The van der Waals surface area contributed by atoms with Gasteiger partial charge in [-0.15, -0.1) is 0 Å². The molecular weight excluding hydrogens is 487 g/mol. The van der Waals surface area contributed by atoms with E-state index in [9.17, 15) is 35.2 Å². The molecule has 34 heavy (non-hydrogen) atoms. The monoisotopic (exact) mass is 502 g/mol. The maximum absolute atomic E-state index is 13.5. The van der Waals surface area contributed by atoms with Crippen molar-refractivity contribution in [3.63, 3.8) is 0 Å². The number of methoxy groups -OCH3 is 1. The van der Waals surface area contributed by atoms with Gasteiger partial charge in [0.15, 0.2) is 11.5 Å². The Hall–Kier alpha value is -3.71. The van der Waals surface area contributed by atoms with Crippen molar-refractivity contribution in [2.24, 2.45) is 5.14 Å². The smallest absolute Gasteiger partial charge is 0.416 e. The van der Waals surface area contributed by atoms with Crippen molar-refractivity contribution in [3.05, 3.63) is 77.4 Å². The molecule has 0 unspecified atom stereocenters. The van der Waals surface area contributed by atoms with Crippen LogP contribution in [0.4, 0.5) is 27.6 Å². The van der Waals surface area contributed by atoms with Crippen molar-refractivity contribution in [3.8, 4) is 17.2 Å². The molecule has 1 amide bonds. The number of benzene rings is 3. The van der Waals surface area contributed by atoms with Crippen LogP contribution < -0.4 is 19.9 Å². The van der Waals surface area contributed by atoms with Gasteiger partial charge >= 0.3 is 6.18 Å². The molecule has 13 heteroatoms. The van der Waals surface area contributed by atoms with Crippen LogP contribution in [-0.2, 0) is 16.2 Å². The minimum absolute atomic E-state index is 0.110. The molecule has 3 aromatic carbocycles. The number of halogens is 5.